The zero-order valence-corrected chi connectivity index (χ0v) is 7.24. The number of carbonyl (C=O) groups is 1. The molecule has 10 heavy (non-hydrogen) atoms. The molecule has 0 fully saturated rings. The Labute approximate surface area is 67.1 Å². The fourth-order valence-corrected chi connectivity index (χ4v) is 0.537. The number of amides is 1. The van der Waals surface area contributed by atoms with E-state index in [-0.39, 0.29) is 11.7 Å². The minimum Gasteiger partial charge on any atom is -0.352 e. The summed E-state index contributed by atoms with van der Waals surface area (Å²) in [7, 11) is 0. The van der Waals surface area contributed by atoms with Gasteiger partial charge in [0.25, 0.3) is 0 Å². The molecule has 0 saturated carbocycles. The maximum atomic E-state index is 10.6. The van der Waals surface area contributed by atoms with Crippen LogP contribution in [-0.4, -0.2) is 18.2 Å². The molecule has 0 radical (unpaired) electrons. The van der Waals surface area contributed by atoms with Crippen LogP contribution in [0.4, 0.5) is 0 Å². The monoisotopic (exact) mass is 159 g/mol. The molecule has 0 rings (SSSR count). The number of hydrogen-bond acceptors (Lipinski definition) is 2. The van der Waals surface area contributed by atoms with E-state index in [1.807, 2.05) is 19.9 Å². The Hall–Kier alpha value is -0.440. The van der Waals surface area contributed by atoms with Crippen molar-refractivity contribution in [1.82, 2.24) is 5.32 Å². The first-order valence-corrected chi connectivity index (χ1v) is 3.81. The molecule has 0 atom stereocenters. The summed E-state index contributed by atoms with van der Waals surface area (Å²) in [6.07, 6.45) is 1.96. The maximum Gasteiger partial charge on any atom is 0.229 e. The summed E-state index contributed by atoms with van der Waals surface area (Å²) in [6.45, 7) is 4.60. The van der Waals surface area contributed by atoms with Crippen LogP contribution in [0, 0.1) is 0 Å². The van der Waals surface area contributed by atoms with E-state index >= 15 is 0 Å². The zero-order valence-electron chi connectivity index (χ0n) is 6.35. The van der Waals surface area contributed by atoms with Crippen molar-refractivity contribution in [2.45, 2.75) is 13.8 Å². The highest BCUT2D eigenvalue weighted by atomic mass is 32.1. The second-order valence-electron chi connectivity index (χ2n) is 2.24. The normalized spacial score (nSPS) is 8.70. The Morgan fingerprint density at radius 3 is 2.60 bits per heavy atom. The summed E-state index contributed by atoms with van der Waals surface area (Å²) in [4.78, 5) is 10.6. The predicted molar refractivity (Wildman–Crippen MR) is 46.3 cm³/mol. The fourth-order valence-electron chi connectivity index (χ4n) is 0.425. The van der Waals surface area contributed by atoms with Crippen LogP contribution in [0.3, 0.4) is 0 Å². The van der Waals surface area contributed by atoms with E-state index in [0.29, 0.717) is 6.54 Å². The first kappa shape index (κ1) is 9.56. The van der Waals surface area contributed by atoms with E-state index in [1.165, 1.54) is 5.57 Å². The van der Waals surface area contributed by atoms with Crippen molar-refractivity contribution in [2.75, 3.05) is 12.3 Å². The predicted octanol–water partition coefficient (Wildman–Crippen LogP) is 0.999. The molecular formula is C7H13NOS. The SMILES string of the molecule is CC(C)=CCNC(=O)CS. The molecule has 0 heterocycles. The van der Waals surface area contributed by atoms with Crippen LogP contribution in [0.25, 0.3) is 0 Å². The molecule has 1 amide bonds. The molecule has 0 aromatic carbocycles. The maximum absolute atomic E-state index is 10.6. The van der Waals surface area contributed by atoms with Crippen molar-refractivity contribution in [1.29, 1.82) is 0 Å². The smallest absolute Gasteiger partial charge is 0.229 e. The molecule has 0 bridgehead atoms. The molecule has 0 aromatic rings. The second kappa shape index (κ2) is 5.35. The van der Waals surface area contributed by atoms with Gasteiger partial charge in [0, 0.05) is 6.54 Å². The summed E-state index contributed by atoms with van der Waals surface area (Å²) in [5.74, 6) is 0.234. The Bertz CT molecular complexity index is 139. The first-order valence-electron chi connectivity index (χ1n) is 3.17. The molecule has 0 aliphatic heterocycles. The lowest BCUT2D eigenvalue weighted by Gasteiger charge is -1.97. The number of rotatable bonds is 3. The van der Waals surface area contributed by atoms with Crippen molar-refractivity contribution < 1.29 is 4.79 Å². The van der Waals surface area contributed by atoms with E-state index in [1.54, 1.807) is 0 Å². The van der Waals surface area contributed by atoms with E-state index in [9.17, 15) is 4.79 Å². The van der Waals surface area contributed by atoms with Gasteiger partial charge in [-0.05, 0) is 13.8 Å². The molecule has 0 saturated heterocycles. The zero-order chi connectivity index (χ0) is 7.98. The average molecular weight is 159 g/mol. The summed E-state index contributed by atoms with van der Waals surface area (Å²) >= 11 is 3.81. The lowest BCUT2D eigenvalue weighted by molar-refractivity contribution is -0.118. The third kappa shape index (κ3) is 5.69. The Balaban J connectivity index is 3.37. The number of carbonyl (C=O) groups excluding carboxylic acids is 1. The van der Waals surface area contributed by atoms with Gasteiger partial charge in [0.15, 0.2) is 0 Å². The minimum absolute atomic E-state index is 0.0270. The molecule has 0 unspecified atom stereocenters. The number of hydrogen-bond donors (Lipinski definition) is 2. The van der Waals surface area contributed by atoms with Gasteiger partial charge in [-0.3, -0.25) is 4.79 Å². The van der Waals surface area contributed by atoms with Crippen molar-refractivity contribution in [2.24, 2.45) is 0 Å². The van der Waals surface area contributed by atoms with Crippen LogP contribution in [0.2, 0.25) is 0 Å². The van der Waals surface area contributed by atoms with E-state index in [2.05, 4.69) is 17.9 Å². The van der Waals surface area contributed by atoms with Crippen molar-refractivity contribution in [3.63, 3.8) is 0 Å². The van der Waals surface area contributed by atoms with Gasteiger partial charge in [0.05, 0.1) is 5.75 Å². The number of nitrogens with one attached hydrogen (secondary N) is 1. The first-order chi connectivity index (χ1) is 4.66. The molecule has 0 aliphatic rings. The van der Waals surface area contributed by atoms with Crippen molar-refractivity contribution >= 4 is 18.5 Å². The van der Waals surface area contributed by atoms with E-state index in [0.717, 1.165) is 0 Å². The Morgan fingerprint density at radius 1 is 1.60 bits per heavy atom. The third-order valence-electron chi connectivity index (χ3n) is 0.953. The average Bonchev–Trinajstić information content (AvgIpc) is 1.87. The van der Waals surface area contributed by atoms with Gasteiger partial charge in [-0.2, -0.15) is 12.6 Å². The highest BCUT2D eigenvalue weighted by molar-refractivity contribution is 7.81. The number of allylic oxidation sites excluding steroid dienone is 1. The largest absolute Gasteiger partial charge is 0.352 e. The summed E-state index contributed by atoms with van der Waals surface area (Å²) in [6, 6.07) is 0. The minimum atomic E-state index is -0.0270. The fraction of sp³-hybridized carbons (Fsp3) is 0.571. The summed E-state index contributed by atoms with van der Waals surface area (Å²) in [5, 5.41) is 2.67. The van der Waals surface area contributed by atoms with E-state index < -0.39 is 0 Å². The van der Waals surface area contributed by atoms with Crippen LogP contribution < -0.4 is 5.32 Å². The van der Waals surface area contributed by atoms with Gasteiger partial charge in [0.1, 0.15) is 0 Å². The highest BCUT2D eigenvalue weighted by Gasteiger charge is 1.91. The topological polar surface area (TPSA) is 29.1 Å². The molecule has 1 N–H and O–H groups in total. The molecule has 0 aromatic heterocycles. The third-order valence-corrected chi connectivity index (χ3v) is 1.24. The van der Waals surface area contributed by atoms with Crippen LogP contribution in [0.1, 0.15) is 13.8 Å². The van der Waals surface area contributed by atoms with Gasteiger partial charge >= 0.3 is 0 Å². The molecule has 0 spiro atoms. The highest BCUT2D eigenvalue weighted by Crippen LogP contribution is 1.85. The lowest BCUT2D eigenvalue weighted by atomic mass is 10.3. The number of thiol groups is 1. The molecule has 0 aliphatic carbocycles. The summed E-state index contributed by atoms with van der Waals surface area (Å²) < 4.78 is 0. The molecule has 58 valence electrons. The second-order valence-corrected chi connectivity index (χ2v) is 2.56. The quantitative estimate of drug-likeness (QED) is 0.467. The summed E-state index contributed by atoms with van der Waals surface area (Å²) in [5.41, 5.74) is 1.21. The van der Waals surface area contributed by atoms with Crippen LogP contribution in [-0.2, 0) is 4.79 Å². The molecular weight excluding hydrogens is 146 g/mol. The standard InChI is InChI=1S/C7H13NOS/c1-6(2)3-4-8-7(9)5-10/h3,10H,4-5H2,1-2H3,(H,8,9). The van der Waals surface area contributed by atoms with Crippen LogP contribution >= 0.6 is 12.6 Å². The lowest BCUT2D eigenvalue weighted by Crippen LogP contribution is -2.24. The van der Waals surface area contributed by atoms with Crippen molar-refractivity contribution in [3.8, 4) is 0 Å². The van der Waals surface area contributed by atoms with Crippen LogP contribution in [0.15, 0.2) is 11.6 Å². The van der Waals surface area contributed by atoms with Gasteiger partial charge < -0.3 is 5.32 Å². The van der Waals surface area contributed by atoms with Gasteiger partial charge in [-0.15, -0.1) is 0 Å². The van der Waals surface area contributed by atoms with Crippen molar-refractivity contribution in [3.05, 3.63) is 11.6 Å². The van der Waals surface area contributed by atoms with Gasteiger partial charge in [0.2, 0.25) is 5.91 Å². The Morgan fingerprint density at radius 2 is 2.20 bits per heavy atom. The van der Waals surface area contributed by atoms with Gasteiger partial charge in [-0.1, -0.05) is 11.6 Å². The van der Waals surface area contributed by atoms with Crippen LogP contribution in [0.5, 0.6) is 0 Å². The Kier molecular flexibility index (Phi) is 5.12. The molecule has 2 nitrogen and oxygen atoms in total. The van der Waals surface area contributed by atoms with Gasteiger partial charge in [-0.25, -0.2) is 0 Å². The molecule has 3 heteroatoms. The van der Waals surface area contributed by atoms with E-state index in [4.69, 9.17) is 0 Å².